The van der Waals surface area contributed by atoms with Crippen molar-refractivity contribution in [3.8, 4) is 0 Å². The molecule has 1 fully saturated rings. The number of anilines is 1. The zero-order valence-corrected chi connectivity index (χ0v) is 15.4. The molecule has 1 aliphatic rings. The minimum absolute atomic E-state index is 0.0734. The van der Waals surface area contributed by atoms with E-state index in [1.54, 1.807) is 0 Å². The zero-order valence-electron chi connectivity index (χ0n) is 14.6. The van der Waals surface area contributed by atoms with Crippen LogP contribution < -0.4 is 4.90 Å². The summed E-state index contributed by atoms with van der Waals surface area (Å²) in [4.78, 5) is 17.1. The Hall–Kier alpha value is -1.94. The number of piperazine rings is 1. The van der Waals surface area contributed by atoms with Crippen molar-refractivity contribution in [2.24, 2.45) is 0 Å². The fraction of sp³-hybridized carbons (Fsp3) is 0.421. The van der Waals surface area contributed by atoms with Gasteiger partial charge in [0.05, 0.1) is 5.56 Å². The van der Waals surface area contributed by atoms with Crippen molar-refractivity contribution in [2.75, 3.05) is 31.1 Å². The fourth-order valence-corrected chi connectivity index (χ4v) is 3.51. The third kappa shape index (κ3) is 3.03. The van der Waals surface area contributed by atoms with E-state index in [9.17, 15) is 4.79 Å². The molecule has 0 N–H and O–H groups in total. The quantitative estimate of drug-likeness (QED) is 0.820. The topological polar surface area (TPSA) is 36.7 Å². The summed E-state index contributed by atoms with van der Waals surface area (Å²) in [7, 11) is 0. The first-order valence-electron chi connectivity index (χ1n) is 8.25. The van der Waals surface area contributed by atoms with Crippen molar-refractivity contribution in [3.05, 3.63) is 51.4 Å². The largest absolute Gasteiger partial charge is 0.466 e. The first-order valence-corrected chi connectivity index (χ1v) is 8.63. The van der Waals surface area contributed by atoms with E-state index in [-0.39, 0.29) is 5.91 Å². The van der Waals surface area contributed by atoms with Crippen LogP contribution in [0.2, 0.25) is 5.02 Å². The van der Waals surface area contributed by atoms with Gasteiger partial charge in [-0.3, -0.25) is 4.79 Å². The van der Waals surface area contributed by atoms with Crippen molar-refractivity contribution in [3.63, 3.8) is 0 Å². The number of hydrogen-bond acceptors (Lipinski definition) is 3. The van der Waals surface area contributed by atoms with E-state index in [2.05, 4.69) is 11.8 Å². The molecule has 1 aromatic heterocycles. The Bertz CT molecular complexity index is 774. The Morgan fingerprint density at radius 2 is 1.71 bits per heavy atom. The zero-order chi connectivity index (χ0) is 17.4. The van der Waals surface area contributed by atoms with E-state index in [0.717, 1.165) is 40.7 Å². The van der Waals surface area contributed by atoms with Crippen LogP contribution in [0.5, 0.6) is 0 Å². The van der Waals surface area contributed by atoms with Gasteiger partial charge in [-0.25, -0.2) is 0 Å². The molecule has 1 aromatic carbocycles. The summed E-state index contributed by atoms with van der Waals surface area (Å²) in [5.41, 5.74) is 4.03. The molecule has 0 radical (unpaired) electrons. The number of benzene rings is 1. The minimum Gasteiger partial charge on any atom is -0.466 e. The number of carbonyl (C=O) groups excluding carboxylic acids is 1. The van der Waals surface area contributed by atoms with E-state index >= 15 is 0 Å². The average Bonchev–Trinajstić information content (AvgIpc) is 2.82. The van der Waals surface area contributed by atoms with Gasteiger partial charge >= 0.3 is 0 Å². The number of carbonyl (C=O) groups is 1. The molecule has 0 unspecified atom stereocenters. The van der Waals surface area contributed by atoms with Crippen LogP contribution in [-0.2, 0) is 0 Å². The number of furan rings is 1. The lowest BCUT2D eigenvalue weighted by Crippen LogP contribution is -2.49. The highest BCUT2D eigenvalue weighted by molar-refractivity contribution is 6.30. The van der Waals surface area contributed by atoms with Crippen LogP contribution in [0, 0.1) is 27.7 Å². The molecular formula is C19H23ClN2O2. The van der Waals surface area contributed by atoms with Crippen molar-refractivity contribution < 1.29 is 9.21 Å². The van der Waals surface area contributed by atoms with Gasteiger partial charge in [0.15, 0.2) is 0 Å². The molecule has 2 aromatic rings. The lowest BCUT2D eigenvalue weighted by Gasteiger charge is -2.37. The second-order valence-corrected chi connectivity index (χ2v) is 6.86. The molecule has 1 aliphatic heterocycles. The summed E-state index contributed by atoms with van der Waals surface area (Å²) in [6, 6.07) is 5.95. The molecule has 0 aliphatic carbocycles. The average molecular weight is 347 g/mol. The molecular weight excluding hydrogens is 324 g/mol. The fourth-order valence-electron chi connectivity index (χ4n) is 3.34. The van der Waals surface area contributed by atoms with Crippen LogP contribution >= 0.6 is 11.6 Å². The molecule has 0 spiro atoms. The molecule has 0 atom stereocenters. The van der Waals surface area contributed by atoms with Crippen molar-refractivity contribution in [1.82, 2.24) is 4.90 Å². The van der Waals surface area contributed by atoms with E-state index in [4.69, 9.17) is 16.0 Å². The molecule has 1 saturated heterocycles. The Kier molecular flexibility index (Phi) is 4.59. The monoisotopic (exact) mass is 346 g/mol. The van der Waals surface area contributed by atoms with Gasteiger partial charge < -0.3 is 14.2 Å². The highest BCUT2D eigenvalue weighted by Crippen LogP contribution is 2.27. The Labute approximate surface area is 148 Å². The van der Waals surface area contributed by atoms with Gasteiger partial charge in [0.2, 0.25) is 0 Å². The predicted molar refractivity (Wildman–Crippen MR) is 97.2 cm³/mol. The minimum atomic E-state index is 0.0734. The molecule has 24 heavy (non-hydrogen) atoms. The molecule has 5 heteroatoms. The molecule has 128 valence electrons. The molecule has 3 rings (SSSR count). The van der Waals surface area contributed by atoms with Crippen LogP contribution in [0.3, 0.4) is 0 Å². The van der Waals surface area contributed by atoms with Crippen LogP contribution in [0.4, 0.5) is 5.69 Å². The Balaban J connectivity index is 1.73. The summed E-state index contributed by atoms with van der Waals surface area (Å²) in [5, 5.41) is 0.745. The normalized spacial score (nSPS) is 15.0. The van der Waals surface area contributed by atoms with Crippen LogP contribution in [0.1, 0.15) is 33.0 Å². The number of nitrogens with zero attached hydrogens (tertiary/aromatic N) is 2. The van der Waals surface area contributed by atoms with E-state index in [0.29, 0.717) is 18.8 Å². The molecule has 4 nitrogen and oxygen atoms in total. The van der Waals surface area contributed by atoms with Crippen LogP contribution in [0.25, 0.3) is 0 Å². The molecule has 0 saturated carbocycles. The van der Waals surface area contributed by atoms with Gasteiger partial charge in [-0.15, -0.1) is 0 Å². The van der Waals surface area contributed by atoms with Crippen LogP contribution in [-0.4, -0.2) is 37.0 Å². The molecule has 0 bridgehead atoms. The van der Waals surface area contributed by atoms with Crippen molar-refractivity contribution >= 4 is 23.2 Å². The summed E-state index contributed by atoms with van der Waals surface area (Å²) in [6.07, 6.45) is 0. The first-order chi connectivity index (χ1) is 11.4. The van der Waals surface area contributed by atoms with Gasteiger partial charge in [-0.05, 0) is 45.4 Å². The number of halogens is 1. The third-order valence-corrected chi connectivity index (χ3v) is 5.09. The first kappa shape index (κ1) is 16.9. The third-order valence-electron chi connectivity index (χ3n) is 4.85. The summed E-state index contributed by atoms with van der Waals surface area (Å²) < 4.78 is 5.60. The van der Waals surface area contributed by atoms with Gasteiger partial charge in [0.25, 0.3) is 5.91 Å². The summed E-state index contributed by atoms with van der Waals surface area (Å²) >= 11 is 6.13. The highest BCUT2D eigenvalue weighted by atomic mass is 35.5. The van der Waals surface area contributed by atoms with Gasteiger partial charge in [-0.2, -0.15) is 0 Å². The number of aryl methyl sites for hydroxylation is 3. The maximum absolute atomic E-state index is 12.8. The Morgan fingerprint density at radius 3 is 2.29 bits per heavy atom. The lowest BCUT2D eigenvalue weighted by molar-refractivity contribution is 0.0744. The van der Waals surface area contributed by atoms with Gasteiger partial charge in [-0.1, -0.05) is 17.7 Å². The Morgan fingerprint density at radius 1 is 1.04 bits per heavy atom. The standard InChI is InChI=1S/C19H23ClN2O2/c1-12-5-6-16(20)11-17(12)21-7-9-22(10-8-21)19(23)18-13(2)14(3)24-15(18)4/h5-6,11H,7-10H2,1-4H3. The second kappa shape index (κ2) is 6.52. The maximum atomic E-state index is 12.8. The highest BCUT2D eigenvalue weighted by Gasteiger charge is 2.27. The van der Waals surface area contributed by atoms with E-state index in [1.165, 1.54) is 5.56 Å². The van der Waals surface area contributed by atoms with Crippen molar-refractivity contribution in [1.29, 1.82) is 0 Å². The van der Waals surface area contributed by atoms with E-state index in [1.807, 2.05) is 43.9 Å². The molecule has 2 heterocycles. The SMILES string of the molecule is Cc1ccc(Cl)cc1N1CCN(C(=O)c2c(C)oc(C)c2C)CC1. The summed E-state index contributed by atoms with van der Waals surface area (Å²) in [5.74, 6) is 1.61. The lowest BCUT2D eigenvalue weighted by atomic mass is 10.1. The molecule has 1 amide bonds. The van der Waals surface area contributed by atoms with Gasteiger partial charge in [0.1, 0.15) is 11.5 Å². The smallest absolute Gasteiger partial charge is 0.257 e. The number of hydrogen-bond donors (Lipinski definition) is 0. The van der Waals surface area contributed by atoms with Gasteiger partial charge in [0, 0.05) is 42.5 Å². The maximum Gasteiger partial charge on any atom is 0.257 e. The number of rotatable bonds is 2. The van der Waals surface area contributed by atoms with Crippen molar-refractivity contribution in [2.45, 2.75) is 27.7 Å². The predicted octanol–water partition coefficient (Wildman–Crippen LogP) is 4.13. The second-order valence-electron chi connectivity index (χ2n) is 6.42. The number of amides is 1. The summed E-state index contributed by atoms with van der Waals surface area (Å²) in [6.45, 7) is 10.8. The van der Waals surface area contributed by atoms with E-state index < -0.39 is 0 Å². The van der Waals surface area contributed by atoms with Crippen LogP contribution in [0.15, 0.2) is 22.6 Å².